The molecule has 0 unspecified atom stereocenters. The molecule has 0 saturated carbocycles. The number of halogens is 1. The van der Waals surface area contributed by atoms with Gasteiger partial charge in [-0.15, -0.1) is 0 Å². The van der Waals surface area contributed by atoms with Crippen LogP contribution in [0.5, 0.6) is 0 Å². The van der Waals surface area contributed by atoms with E-state index in [9.17, 15) is 8.42 Å². The topological polar surface area (TPSA) is 58.2 Å². The van der Waals surface area contributed by atoms with Crippen LogP contribution in [0.4, 0.5) is 0 Å². The fraction of sp³-hybridized carbons (Fsp3) is 0.600. The summed E-state index contributed by atoms with van der Waals surface area (Å²) in [5.74, 6) is 0. The molecule has 4 nitrogen and oxygen atoms in total. The van der Waals surface area contributed by atoms with E-state index in [0.717, 1.165) is 18.5 Å². The van der Waals surface area contributed by atoms with E-state index >= 15 is 0 Å². The second kappa shape index (κ2) is 7.72. The number of hydrogen-bond donors (Lipinski definition) is 2. The van der Waals surface area contributed by atoms with E-state index < -0.39 is 10.0 Å². The van der Waals surface area contributed by atoms with Crippen LogP contribution in [0.1, 0.15) is 39.7 Å². The maximum atomic E-state index is 12.4. The fourth-order valence-electron chi connectivity index (χ4n) is 1.77. The SMILES string of the molecule is CCNCc1ccc(Br)c(S(=O)(=O)NCCC(C)(C)C)c1. The van der Waals surface area contributed by atoms with E-state index in [2.05, 4.69) is 46.7 Å². The van der Waals surface area contributed by atoms with Crippen molar-refractivity contribution >= 4 is 26.0 Å². The summed E-state index contributed by atoms with van der Waals surface area (Å²) in [7, 11) is -3.49. The minimum absolute atomic E-state index is 0.104. The molecule has 1 aromatic carbocycles. The largest absolute Gasteiger partial charge is 0.313 e. The van der Waals surface area contributed by atoms with Gasteiger partial charge < -0.3 is 5.32 Å². The lowest BCUT2D eigenvalue weighted by Crippen LogP contribution is -2.28. The molecule has 0 aromatic heterocycles. The lowest BCUT2D eigenvalue weighted by Gasteiger charge is -2.18. The number of sulfonamides is 1. The summed E-state index contributed by atoms with van der Waals surface area (Å²) in [6.07, 6.45) is 0.793. The Morgan fingerprint density at radius 3 is 2.48 bits per heavy atom. The van der Waals surface area contributed by atoms with Crippen LogP contribution in [-0.2, 0) is 16.6 Å². The molecule has 0 saturated heterocycles. The lowest BCUT2D eigenvalue weighted by molar-refractivity contribution is 0.378. The van der Waals surface area contributed by atoms with E-state index in [1.54, 1.807) is 12.1 Å². The summed E-state index contributed by atoms with van der Waals surface area (Å²) in [5, 5.41) is 3.20. The number of rotatable bonds is 7. The summed E-state index contributed by atoms with van der Waals surface area (Å²) in [6, 6.07) is 5.41. The highest BCUT2D eigenvalue weighted by Crippen LogP contribution is 2.24. The van der Waals surface area contributed by atoms with Gasteiger partial charge in [0.05, 0.1) is 4.90 Å². The molecule has 0 fully saturated rings. The Labute approximate surface area is 136 Å². The summed E-state index contributed by atoms with van der Waals surface area (Å²) >= 11 is 3.33. The molecule has 0 radical (unpaired) electrons. The molecule has 21 heavy (non-hydrogen) atoms. The molecule has 1 aromatic rings. The van der Waals surface area contributed by atoms with Crippen LogP contribution in [0.2, 0.25) is 0 Å². The van der Waals surface area contributed by atoms with Crippen LogP contribution in [-0.4, -0.2) is 21.5 Å². The number of benzene rings is 1. The lowest BCUT2D eigenvalue weighted by atomic mass is 9.93. The van der Waals surface area contributed by atoms with Crippen molar-refractivity contribution in [1.82, 2.24) is 10.0 Å². The van der Waals surface area contributed by atoms with Crippen molar-refractivity contribution in [2.45, 2.75) is 45.6 Å². The Kier molecular flexibility index (Phi) is 6.84. The molecular weight excluding hydrogens is 352 g/mol. The Bertz CT molecular complexity index is 566. The van der Waals surface area contributed by atoms with Crippen molar-refractivity contribution in [3.8, 4) is 0 Å². The van der Waals surface area contributed by atoms with Gasteiger partial charge >= 0.3 is 0 Å². The van der Waals surface area contributed by atoms with E-state index in [1.165, 1.54) is 0 Å². The van der Waals surface area contributed by atoms with Gasteiger partial charge in [-0.2, -0.15) is 0 Å². The Morgan fingerprint density at radius 1 is 1.24 bits per heavy atom. The van der Waals surface area contributed by atoms with Crippen LogP contribution in [0.25, 0.3) is 0 Å². The second-order valence-corrected chi connectivity index (χ2v) is 8.84. The molecule has 0 aliphatic rings. The zero-order valence-electron chi connectivity index (χ0n) is 13.2. The molecule has 0 bridgehead atoms. The summed E-state index contributed by atoms with van der Waals surface area (Å²) in [6.45, 7) is 10.2. The highest BCUT2D eigenvalue weighted by atomic mass is 79.9. The maximum Gasteiger partial charge on any atom is 0.241 e. The summed E-state index contributed by atoms with van der Waals surface area (Å²) < 4.78 is 28.1. The third-order valence-electron chi connectivity index (χ3n) is 3.03. The van der Waals surface area contributed by atoms with Crippen LogP contribution >= 0.6 is 15.9 Å². The molecular formula is C15H25BrN2O2S. The first-order chi connectivity index (χ1) is 9.65. The van der Waals surface area contributed by atoms with Crippen molar-refractivity contribution in [3.63, 3.8) is 0 Å². The van der Waals surface area contributed by atoms with Crippen molar-refractivity contribution in [1.29, 1.82) is 0 Å². The zero-order valence-corrected chi connectivity index (χ0v) is 15.6. The van der Waals surface area contributed by atoms with Gasteiger partial charge in [0.1, 0.15) is 0 Å². The van der Waals surface area contributed by atoms with Crippen LogP contribution in [0, 0.1) is 5.41 Å². The van der Waals surface area contributed by atoms with Crippen molar-refractivity contribution in [2.75, 3.05) is 13.1 Å². The average Bonchev–Trinajstić information content (AvgIpc) is 2.35. The van der Waals surface area contributed by atoms with Crippen LogP contribution < -0.4 is 10.0 Å². The summed E-state index contributed by atoms with van der Waals surface area (Å²) in [4.78, 5) is 0.298. The Hall–Kier alpha value is -0.430. The van der Waals surface area contributed by atoms with Crippen molar-refractivity contribution in [3.05, 3.63) is 28.2 Å². The van der Waals surface area contributed by atoms with Gasteiger partial charge in [-0.1, -0.05) is 33.8 Å². The highest BCUT2D eigenvalue weighted by Gasteiger charge is 2.19. The first kappa shape index (κ1) is 18.6. The minimum atomic E-state index is -3.49. The van der Waals surface area contributed by atoms with Gasteiger partial charge in [0, 0.05) is 17.6 Å². The van der Waals surface area contributed by atoms with Crippen LogP contribution in [0.15, 0.2) is 27.6 Å². The standard InChI is InChI=1S/C15H25BrN2O2S/c1-5-17-11-12-6-7-13(16)14(10-12)21(19,20)18-9-8-15(2,3)4/h6-7,10,17-18H,5,8-9,11H2,1-4H3. The number of nitrogens with one attached hydrogen (secondary N) is 2. The molecule has 0 aliphatic carbocycles. The third kappa shape index (κ3) is 6.46. The van der Waals surface area contributed by atoms with E-state index in [4.69, 9.17) is 0 Å². The monoisotopic (exact) mass is 376 g/mol. The molecule has 0 spiro atoms. The Balaban J connectivity index is 2.86. The van der Waals surface area contributed by atoms with Gasteiger partial charge in [0.25, 0.3) is 0 Å². The molecule has 0 amide bonds. The zero-order chi connectivity index (χ0) is 16.1. The minimum Gasteiger partial charge on any atom is -0.313 e. The molecule has 0 atom stereocenters. The average molecular weight is 377 g/mol. The first-order valence-electron chi connectivity index (χ1n) is 7.14. The normalized spacial score (nSPS) is 12.6. The molecule has 0 aliphatic heterocycles. The predicted octanol–water partition coefficient (Wildman–Crippen LogP) is 3.27. The molecule has 120 valence electrons. The molecule has 1 rings (SSSR count). The van der Waals surface area contributed by atoms with Gasteiger partial charge in [-0.25, -0.2) is 13.1 Å². The first-order valence-corrected chi connectivity index (χ1v) is 9.42. The van der Waals surface area contributed by atoms with Gasteiger partial charge in [0.2, 0.25) is 10.0 Å². The Morgan fingerprint density at radius 2 is 1.90 bits per heavy atom. The highest BCUT2D eigenvalue weighted by molar-refractivity contribution is 9.10. The van der Waals surface area contributed by atoms with Gasteiger partial charge in [-0.05, 0) is 52.0 Å². The smallest absolute Gasteiger partial charge is 0.241 e. The summed E-state index contributed by atoms with van der Waals surface area (Å²) in [5.41, 5.74) is 1.06. The van der Waals surface area contributed by atoms with Gasteiger partial charge in [0.15, 0.2) is 0 Å². The van der Waals surface area contributed by atoms with E-state index in [0.29, 0.717) is 22.5 Å². The van der Waals surface area contributed by atoms with Gasteiger partial charge in [-0.3, -0.25) is 0 Å². The second-order valence-electron chi connectivity index (χ2n) is 6.25. The van der Waals surface area contributed by atoms with Crippen molar-refractivity contribution < 1.29 is 8.42 Å². The van der Waals surface area contributed by atoms with Crippen LogP contribution in [0.3, 0.4) is 0 Å². The number of hydrogen-bond acceptors (Lipinski definition) is 3. The third-order valence-corrected chi connectivity index (χ3v) is 5.49. The van der Waals surface area contributed by atoms with E-state index in [-0.39, 0.29) is 5.41 Å². The quantitative estimate of drug-likeness (QED) is 0.767. The maximum absolute atomic E-state index is 12.4. The molecule has 0 heterocycles. The fourth-order valence-corrected chi connectivity index (χ4v) is 3.81. The van der Waals surface area contributed by atoms with E-state index in [1.807, 2.05) is 13.0 Å². The predicted molar refractivity (Wildman–Crippen MR) is 90.8 cm³/mol. The molecule has 2 N–H and O–H groups in total. The molecule has 6 heteroatoms. The van der Waals surface area contributed by atoms with Crippen molar-refractivity contribution in [2.24, 2.45) is 5.41 Å².